The average Bonchev–Trinajstić information content (AvgIpc) is 2.17. The van der Waals surface area contributed by atoms with E-state index in [1.807, 2.05) is 6.92 Å². The molecule has 0 bridgehead atoms. The summed E-state index contributed by atoms with van der Waals surface area (Å²) in [7, 11) is 0. The van der Waals surface area contributed by atoms with Crippen molar-refractivity contribution in [3.63, 3.8) is 0 Å². The van der Waals surface area contributed by atoms with E-state index in [0.717, 1.165) is 12.7 Å². The van der Waals surface area contributed by atoms with Crippen molar-refractivity contribution in [3.8, 4) is 0 Å². The van der Waals surface area contributed by atoms with E-state index >= 15 is 0 Å². The first-order chi connectivity index (χ1) is 6.93. The number of carbonyl (C=O) groups excluding carboxylic acids is 1. The highest BCUT2D eigenvalue weighted by Gasteiger charge is 2.13. The zero-order valence-electron chi connectivity index (χ0n) is 10.1. The quantitative estimate of drug-likeness (QED) is 0.690. The fraction of sp³-hybridized carbons (Fsp3) is 0.500. The van der Waals surface area contributed by atoms with Gasteiger partial charge in [-0.1, -0.05) is 52.0 Å². The highest BCUT2D eigenvalue weighted by Crippen LogP contribution is 2.23. The lowest BCUT2D eigenvalue weighted by Crippen LogP contribution is -2.11. The molecule has 1 nitrogen and oxygen atoms in total. The standard InChI is InChI=1S/C14H20O/c1-11(10-15)8-12-6-5-7-13(9-12)14(2,3)4/h5-7,9-11H,8H2,1-4H3. The molecule has 0 aliphatic rings. The van der Waals surface area contributed by atoms with Crippen molar-refractivity contribution in [2.75, 3.05) is 0 Å². The van der Waals surface area contributed by atoms with E-state index in [-0.39, 0.29) is 11.3 Å². The number of rotatable bonds is 3. The van der Waals surface area contributed by atoms with E-state index in [4.69, 9.17) is 0 Å². The molecule has 1 rings (SSSR count). The van der Waals surface area contributed by atoms with Crippen LogP contribution in [0.5, 0.6) is 0 Å². The first-order valence-electron chi connectivity index (χ1n) is 5.48. The molecule has 0 spiro atoms. The average molecular weight is 204 g/mol. The molecule has 0 fully saturated rings. The van der Waals surface area contributed by atoms with Crippen molar-refractivity contribution in [3.05, 3.63) is 35.4 Å². The summed E-state index contributed by atoms with van der Waals surface area (Å²) in [6, 6.07) is 8.53. The second kappa shape index (κ2) is 4.61. The van der Waals surface area contributed by atoms with Gasteiger partial charge in [-0.05, 0) is 23.0 Å². The van der Waals surface area contributed by atoms with Crippen LogP contribution < -0.4 is 0 Å². The summed E-state index contributed by atoms with van der Waals surface area (Å²) in [5, 5.41) is 0. The molecule has 1 heteroatoms. The molecule has 0 N–H and O–H groups in total. The summed E-state index contributed by atoms with van der Waals surface area (Å²) in [5.74, 6) is 0.111. The normalized spacial score (nSPS) is 13.6. The summed E-state index contributed by atoms with van der Waals surface area (Å²) >= 11 is 0. The number of benzene rings is 1. The molecule has 0 aliphatic heterocycles. The molecule has 1 atom stereocenters. The van der Waals surface area contributed by atoms with Crippen LogP contribution in [-0.4, -0.2) is 6.29 Å². The van der Waals surface area contributed by atoms with Gasteiger partial charge in [-0.3, -0.25) is 0 Å². The summed E-state index contributed by atoms with van der Waals surface area (Å²) in [5.41, 5.74) is 2.76. The molecule has 15 heavy (non-hydrogen) atoms. The first-order valence-corrected chi connectivity index (χ1v) is 5.48. The Balaban J connectivity index is 2.88. The maximum atomic E-state index is 10.6. The van der Waals surface area contributed by atoms with Crippen LogP contribution in [0.25, 0.3) is 0 Å². The van der Waals surface area contributed by atoms with Crippen LogP contribution in [0, 0.1) is 5.92 Å². The van der Waals surface area contributed by atoms with Gasteiger partial charge in [-0.2, -0.15) is 0 Å². The third-order valence-corrected chi connectivity index (χ3v) is 2.58. The second-order valence-corrected chi connectivity index (χ2v) is 5.27. The maximum absolute atomic E-state index is 10.6. The van der Waals surface area contributed by atoms with Crippen LogP contribution in [0.1, 0.15) is 38.8 Å². The number of hydrogen-bond donors (Lipinski definition) is 0. The number of carbonyl (C=O) groups is 1. The Morgan fingerprint density at radius 3 is 2.53 bits per heavy atom. The molecule has 1 unspecified atom stereocenters. The Hall–Kier alpha value is -1.11. The van der Waals surface area contributed by atoms with Crippen LogP contribution in [-0.2, 0) is 16.6 Å². The minimum absolute atomic E-state index is 0.111. The van der Waals surface area contributed by atoms with E-state index in [9.17, 15) is 4.79 Å². The van der Waals surface area contributed by atoms with Gasteiger partial charge in [-0.15, -0.1) is 0 Å². The van der Waals surface area contributed by atoms with Gasteiger partial charge >= 0.3 is 0 Å². The molecule has 0 saturated carbocycles. The van der Waals surface area contributed by atoms with Gasteiger partial charge in [0.05, 0.1) is 0 Å². The Kier molecular flexibility index (Phi) is 3.67. The topological polar surface area (TPSA) is 17.1 Å². The minimum Gasteiger partial charge on any atom is -0.303 e. The zero-order chi connectivity index (χ0) is 11.5. The van der Waals surface area contributed by atoms with Crippen molar-refractivity contribution in [2.45, 2.75) is 39.5 Å². The maximum Gasteiger partial charge on any atom is 0.123 e. The molecule has 1 aromatic rings. The molecule has 0 aromatic heterocycles. The molecular formula is C14H20O. The number of hydrogen-bond acceptors (Lipinski definition) is 1. The zero-order valence-corrected chi connectivity index (χ0v) is 10.1. The summed E-state index contributed by atoms with van der Waals surface area (Å²) in [6.07, 6.45) is 1.86. The summed E-state index contributed by atoms with van der Waals surface area (Å²) < 4.78 is 0. The van der Waals surface area contributed by atoms with Crippen molar-refractivity contribution >= 4 is 6.29 Å². The van der Waals surface area contributed by atoms with Gasteiger partial charge in [0.1, 0.15) is 6.29 Å². The van der Waals surface area contributed by atoms with Crippen LogP contribution in [0.4, 0.5) is 0 Å². The fourth-order valence-electron chi connectivity index (χ4n) is 1.58. The van der Waals surface area contributed by atoms with E-state index < -0.39 is 0 Å². The lowest BCUT2D eigenvalue weighted by molar-refractivity contribution is -0.110. The molecule has 0 heterocycles. The minimum atomic E-state index is 0.111. The van der Waals surface area contributed by atoms with Gasteiger partial charge in [0.2, 0.25) is 0 Å². The van der Waals surface area contributed by atoms with Crippen molar-refractivity contribution in [2.24, 2.45) is 5.92 Å². The van der Waals surface area contributed by atoms with E-state index in [0.29, 0.717) is 0 Å². The smallest absolute Gasteiger partial charge is 0.123 e. The van der Waals surface area contributed by atoms with Crippen molar-refractivity contribution < 1.29 is 4.79 Å². The van der Waals surface area contributed by atoms with Crippen molar-refractivity contribution in [1.82, 2.24) is 0 Å². The van der Waals surface area contributed by atoms with Gasteiger partial charge in [0.15, 0.2) is 0 Å². The van der Waals surface area contributed by atoms with E-state index in [1.165, 1.54) is 11.1 Å². The van der Waals surface area contributed by atoms with Crippen LogP contribution in [0.2, 0.25) is 0 Å². The molecular weight excluding hydrogens is 184 g/mol. The van der Waals surface area contributed by atoms with E-state index in [2.05, 4.69) is 45.0 Å². The predicted molar refractivity (Wildman–Crippen MR) is 64.1 cm³/mol. The summed E-state index contributed by atoms with van der Waals surface area (Å²) in [4.78, 5) is 10.6. The second-order valence-electron chi connectivity index (χ2n) is 5.27. The molecule has 0 saturated heterocycles. The monoisotopic (exact) mass is 204 g/mol. The van der Waals surface area contributed by atoms with Gasteiger partial charge in [0.25, 0.3) is 0 Å². The van der Waals surface area contributed by atoms with Gasteiger partial charge in [-0.25, -0.2) is 0 Å². The highest BCUT2D eigenvalue weighted by atomic mass is 16.1. The van der Waals surface area contributed by atoms with Crippen LogP contribution >= 0.6 is 0 Å². The van der Waals surface area contributed by atoms with Crippen molar-refractivity contribution in [1.29, 1.82) is 0 Å². The van der Waals surface area contributed by atoms with E-state index in [1.54, 1.807) is 0 Å². The third-order valence-electron chi connectivity index (χ3n) is 2.58. The SMILES string of the molecule is CC(C=O)Cc1cccc(C(C)(C)C)c1. The van der Waals surface area contributed by atoms with Crippen LogP contribution in [0.15, 0.2) is 24.3 Å². The first kappa shape index (κ1) is 12.0. The van der Waals surface area contributed by atoms with Gasteiger partial charge in [0, 0.05) is 5.92 Å². The Labute approximate surface area is 92.5 Å². The Morgan fingerprint density at radius 2 is 2.00 bits per heavy atom. The molecule has 0 radical (unpaired) electrons. The van der Waals surface area contributed by atoms with Crippen LogP contribution in [0.3, 0.4) is 0 Å². The molecule has 0 amide bonds. The molecule has 0 aliphatic carbocycles. The fourth-order valence-corrected chi connectivity index (χ4v) is 1.58. The summed E-state index contributed by atoms with van der Waals surface area (Å²) in [6.45, 7) is 8.57. The lowest BCUT2D eigenvalue weighted by Gasteiger charge is -2.20. The number of aldehydes is 1. The predicted octanol–water partition coefficient (Wildman–Crippen LogP) is 3.36. The lowest BCUT2D eigenvalue weighted by atomic mass is 9.85. The Morgan fingerprint density at radius 1 is 1.33 bits per heavy atom. The third kappa shape index (κ3) is 3.50. The molecule has 1 aromatic carbocycles. The van der Waals surface area contributed by atoms with Gasteiger partial charge < -0.3 is 4.79 Å². The highest BCUT2D eigenvalue weighted by molar-refractivity contribution is 5.53. The Bertz CT molecular complexity index is 333. The molecule has 82 valence electrons. The largest absolute Gasteiger partial charge is 0.303 e.